The Kier molecular flexibility index (Phi) is 4.45. The van der Waals surface area contributed by atoms with E-state index in [1.807, 2.05) is 19.1 Å². The summed E-state index contributed by atoms with van der Waals surface area (Å²) < 4.78 is 5.54. The molecular weight excluding hydrogens is 234 g/mol. The predicted molar refractivity (Wildman–Crippen MR) is 80.3 cm³/mol. The van der Waals surface area contributed by atoms with E-state index in [2.05, 4.69) is 43.1 Å². The molecule has 0 bridgehead atoms. The van der Waals surface area contributed by atoms with Crippen LogP contribution in [-0.4, -0.2) is 0 Å². The van der Waals surface area contributed by atoms with Crippen LogP contribution in [0.15, 0.2) is 59.2 Å². The fourth-order valence-electron chi connectivity index (χ4n) is 2.22. The minimum atomic E-state index is 0.139. The first-order valence-electron chi connectivity index (χ1n) is 6.73. The summed E-state index contributed by atoms with van der Waals surface area (Å²) in [5.41, 5.74) is 3.64. The maximum atomic E-state index is 5.54. The molecule has 19 heavy (non-hydrogen) atoms. The minimum Gasteiger partial charge on any atom is -0.467 e. The molecule has 0 saturated carbocycles. The van der Waals surface area contributed by atoms with E-state index in [9.17, 15) is 0 Å². The zero-order chi connectivity index (χ0) is 13.7. The Morgan fingerprint density at radius 1 is 1.26 bits per heavy atom. The Labute approximate surface area is 115 Å². The molecule has 0 aliphatic rings. The quantitative estimate of drug-likeness (QED) is 0.738. The summed E-state index contributed by atoms with van der Waals surface area (Å²) in [7, 11) is 0. The van der Waals surface area contributed by atoms with E-state index in [4.69, 9.17) is 4.42 Å². The predicted octanol–water partition coefficient (Wildman–Crippen LogP) is 4.96. The topological polar surface area (TPSA) is 25.2 Å². The van der Waals surface area contributed by atoms with Crippen LogP contribution in [0.5, 0.6) is 0 Å². The minimum absolute atomic E-state index is 0.139. The summed E-state index contributed by atoms with van der Waals surface area (Å²) in [5, 5.41) is 3.58. The van der Waals surface area contributed by atoms with Crippen molar-refractivity contribution in [3.05, 3.63) is 66.1 Å². The zero-order valence-corrected chi connectivity index (χ0v) is 11.6. The SMILES string of the molecule is C=C(C)CC(Nc1ccccc1CC)c1ccco1. The standard InChI is InChI=1S/C17H21NO/c1-4-14-8-5-6-9-15(14)18-16(12-13(2)3)17-10-7-11-19-17/h5-11,16,18H,2,4,12H2,1,3H3. The third-order valence-corrected chi connectivity index (χ3v) is 3.17. The molecule has 2 heteroatoms. The van der Waals surface area contributed by atoms with Crippen LogP contribution in [0.2, 0.25) is 0 Å². The van der Waals surface area contributed by atoms with Crippen molar-refractivity contribution in [2.45, 2.75) is 32.7 Å². The molecule has 0 aliphatic carbocycles. The van der Waals surface area contributed by atoms with Gasteiger partial charge in [-0.25, -0.2) is 0 Å². The first-order chi connectivity index (χ1) is 9.20. The number of nitrogens with one attached hydrogen (secondary N) is 1. The van der Waals surface area contributed by atoms with Crippen molar-refractivity contribution in [1.82, 2.24) is 0 Å². The number of hydrogen-bond donors (Lipinski definition) is 1. The summed E-state index contributed by atoms with van der Waals surface area (Å²) >= 11 is 0. The largest absolute Gasteiger partial charge is 0.467 e. The molecule has 1 aromatic heterocycles. The van der Waals surface area contributed by atoms with Gasteiger partial charge in [0, 0.05) is 5.69 Å². The van der Waals surface area contributed by atoms with Gasteiger partial charge >= 0.3 is 0 Å². The van der Waals surface area contributed by atoms with Crippen molar-refractivity contribution < 1.29 is 4.42 Å². The summed E-state index contributed by atoms with van der Waals surface area (Å²) in [5.74, 6) is 0.953. The van der Waals surface area contributed by atoms with Crippen LogP contribution in [0.4, 0.5) is 5.69 Å². The highest BCUT2D eigenvalue weighted by atomic mass is 16.3. The van der Waals surface area contributed by atoms with E-state index in [1.165, 1.54) is 11.3 Å². The number of rotatable bonds is 6. The highest BCUT2D eigenvalue weighted by Gasteiger charge is 2.15. The van der Waals surface area contributed by atoms with Crippen molar-refractivity contribution in [2.75, 3.05) is 5.32 Å². The normalized spacial score (nSPS) is 12.1. The number of hydrogen-bond acceptors (Lipinski definition) is 2. The van der Waals surface area contributed by atoms with E-state index in [0.717, 1.165) is 24.2 Å². The van der Waals surface area contributed by atoms with Crippen LogP contribution in [-0.2, 0) is 6.42 Å². The Morgan fingerprint density at radius 3 is 2.68 bits per heavy atom. The van der Waals surface area contributed by atoms with Gasteiger partial charge in [0.2, 0.25) is 0 Å². The average molecular weight is 255 g/mol. The summed E-state index contributed by atoms with van der Waals surface area (Å²) in [6.45, 7) is 8.22. The third-order valence-electron chi connectivity index (χ3n) is 3.17. The number of benzene rings is 1. The van der Waals surface area contributed by atoms with E-state index in [-0.39, 0.29) is 6.04 Å². The summed E-state index contributed by atoms with van der Waals surface area (Å²) in [6.07, 6.45) is 3.60. The lowest BCUT2D eigenvalue weighted by Gasteiger charge is -2.20. The number of furan rings is 1. The maximum Gasteiger partial charge on any atom is 0.126 e. The Bertz CT molecular complexity index is 528. The van der Waals surface area contributed by atoms with Gasteiger partial charge < -0.3 is 9.73 Å². The van der Waals surface area contributed by atoms with Gasteiger partial charge in [-0.15, -0.1) is 6.58 Å². The van der Waals surface area contributed by atoms with Crippen LogP contribution < -0.4 is 5.32 Å². The van der Waals surface area contributed by atoms with Crippen molar-refractivity contribution in [3.63, 3.8) is 0 Å². The van der Waals surface area contributed by atoms with Crippen LogP contribution in [0, 0.1) is 0 Å². The molecule has 2 aromatic rings. The number of para-hydroxylation sites is 1. The molecule has 0 aliphatic heterocycles. The Morgan fingerprint density at radius 2 is 2.05 bits per heavy atom. The Hall–Kier alpha value is -1.96. The van der Waals surface area contributed by atoms with E-state index < -0.39 is 0 Å². The smallest absolute Gasteiger partial charge is 0.126 e. The van der Waals surface area contributed by atoms with Crippen molar-refractivity contribution >= 4 is 5.69 Å². The van der Waals surface area contributed by atoms with Gasteiger partial charge in [-0.2, -0.15) is 0 Å². The van der Waals surface area contributed by atoms with Gasteiger partial charge in [-0.1, -0.05) is 30.7 Å². The van der Waals surface area contributed by atoms with E-state index in [0.29, 0.717) is 0 Å². The Balaban J connectivity index is 2.22. The molecule has 0 fully saturated rings. The summed E-state index contributed by atoms with van der Waals surface area (Å²) in [4.78, 5) is 0. The molecule has 100 valence electrons. The van der Waals surface area contributed by atoms with Crippen LogP contribution in [0.25, 0.3) is 0 Å². The second-order valence-electron chi connectivity index (χ2n) is 4.88. The molecule has 1 aromatic carbocycles. The van der Waals surface area contributed by atoms with E-state index in [1.54, 1.807) is 6.26 Å². The molecule has 1 N–H and O–H groups in total. The van der Waals surface area contributed by atoms with Crippen molar-refractivity contribution in [3.8, 4) is 0 Å². The number of aryl methyl sites for hydroxylation is 1. The lowest BCUT2D eigenvalue weighted by Crippen LogP contribution is -2.11. The maximum absolute atomic E-state index is 5.54. The molecular formula is C17H21NO. The molecule has 2 nitrogen and oxygen atoms in total. The van der Waals surface area contributed by atoms with Crippen LogP contribution >= 0.6 is 0 Å². The highest BCUT2D eigenvalue weighted by molar-refractivity contribution is 5.52. The molecule has 0 amide bonds. The third kappa shape index (κ3) is 3.50. The van der Waals surface area contributed by atoms with Gasteiger partial charge in [0.25, 0.3) is 0 Å². The van der Waals surface area contributed by atoms with Crippen LogP contribution in [0.1, 0.15) is 37.6 Å². The fourth-order valence-corrected chi connectivity index (χ4v) is 2.22. The molecule has 2 rings (SSSR count). The molecule has 1 atom stereocenters. The molecule has 1 heterocycles. The molecule has 1 unspecified atom stereocenters. The second kappa shape index (κ2) is 6.28. The molecule has 0 saturated heterocycles. The molecule has 0 radical (unpaired) electrons. The van der Waals surface area contributed by atoms with Gasteiger partial charge in [-0.3, -0.25) is 0 Å². The van der Waals surface area contributed by atoms with Crippen molar-refractivity contribution in [2.24, 2.45) is 0 Å². The van der Waals surface area contributed by atoms with Crippen LogP contribution in [0.3, 0.4) is 0 Å². The first kappa shape index (κ1) is 13.5. The van der Waals surface area contributed by atoms with Gasteiger partial charge in [0.1, 0.15) is 5.76 Å². The van der Waals surface area contributed by atoms with Crippen molar-refractivity contribution in [1.29, 1.82) is 0 Å². The second-order valence-corrected chi connectivity index (χ2v) is 4.88. The summed E-state index contributed by atoms with van der Waals surface area (Å²) in [6, 6.07) is 12.5. The first-order valence-corrected chi connectivity index (χ1v) is 6.73. The lowest BCUT2D eigenvalue weighted by molar-refractivity contribution is 0.477. The molecule has 0 spiro atoms. The monoisotopic (exact) mass is 255 g/mol. The zero-order valence-electron chi connectivity index (χ0n) is 11.6. The highest BCUT2D eigenvalue weighted by Crippen LogP contribution is 2.27. The lowest BCUT2D eigenvalue weighted by atomic mass is 10.0. The van der Waals surface area contributed by atoms with E-state index >= 15 is 0 Å². The van der Waals surface area contributed by atoms with Gasteiger partial charge in [-0.05, 0) is 43.5 Å². The fraction of sp³-hybridized carbons (Fsp3) is 0.294. The van der Waals surface area contributed by atoms with Gasteiger partial charge in [0.05, 0.1) is 12.3 Å². The average Bonchev–Trinajstić information content (AvgIpc) is 2.92. The van der Waals surface area contributed by atoms with Gasteiger partial charge in [0.15, 0.2) is 0 Å². The number of anilines is 1.